The maximum atomic E-state index is 12.1. The Hall–Kier alpha value is -2.59. The number of carbonyl (C=O) groups is 1. The van der Waals surface area contributed by atoms with Crippen LogP contribution >= 0.6 is 35.6 Å². The summed E-state index contributed by atoms with van der Waals surface area (Å²) in [6.45, 7) is 2.01. The first-order valence-corrected chi connectivity index (χ1v) is 10.6. The van der Waals surface area contributed by atoms with Crippen LogP contribution in [0.3, 0.4) is 0 Å². The van der Waals surface area contributed by atoms with Crippen molar-refractivity contribution in [3.05, 3.63) is 83.1 Å². The van der Waals surface area contributed by atoms with Gasteiger partial charge in [-0.05, 0) is 47.9 Å². The lowest BCUT2D eigenvalue weighted by Crippen LogP contribution is -2.37. The zero-order chi connectivity index (χ0) is 21.9. The monoisotopic (exact) mass is 566 g/mol. The molecule has 0 aliphatic carbocycles. The van der Waals surface area contributed by atoms with Crippen LogP contribution in [-0.2, 0) is 17.9 Å². The Morgan fingerprint density at radius 2 is 1.81 bits per heavy atom. The van der Waals surface area contributed by atoms with Crippen LogP contribution in [0.2, 0.25) is 5.02 Å². The molecule has 32 heavy (non-hydrogen) atoms. The van der Waals surface area contributed by atoms with E-state index in [0.29, 0.717) is 36.9 Å². The van der Waals surface area contributed by atoms with Crippen molar-refractivity contribution in [2.75, 3.05) is 18.9 Å². The van der Waals surface area contributed by atoms with Gasteiger partial charge >= 0.3 is 0 Å². The Kier molecular flexibility index (Phi) is 11.0. The fourth-order valence-corrected chi connectivity index (χ4v) is 3.19. The predicted octanol–water partition coefficient (Wildman–Crippen LogP) is 4.29. The third-order valence-corrected chi connectivity index (χ3v) is 4.93. The zero-order valence-electron chi connectivity index (χ0n) is 17.9. The van der Waals surface area contributed by atoms with Crippen molar-refractivity contribution in [3.63, 3.8) is 0 Å². The van der Waals surface area contributed by atoms with E-state index in [1.165, 1.54) is 11.1 Å². The molecule has 9 heteroatoms. The molecule has 3 N–H and O–H groups in total. The van der Waals surface area contributed by atoms with E-state index in [2.05, 4.69) is 38.2 Å². The van der Waals surface area contributed by atoms with E-state index in [4.69, 9.17) is 11.6 Å². The Labute approximate surface area is 210 Å². The summed E-state index contributed by atoms with van der Waals surface area (Å²) in [6.07, 6.45) is 4.84. The van der Waals surface area contributed by atoms with Gasteiger partial charge in [-0.25, -0.2) is 0 Å². The first-order chi connectivity index (χ1) is 15.1. The summed E-state index contributed by atoms with van der Waals surface area (Å²) in [4.78, 5) is 16.3. The van der Waals surface area contributed by atoms with Gasteiger partial charge in [0.05, 0.1) is 6.54 Å². The van der Waals surface area contributed by atoms with Gasteiger partial charge in [0.1, 0.15) is 0 Å². The van der Waals surface area contributed by atoms with Crippen molar-refractivity contribution >= 4 is 53.1 Å². The van der Waals surface area contributed by atoms with E-state index in [-0.39, 0.29) is 29.9 Å². The number of aliphatic imine (C=N–C) groups is 1. The van der Waals surface area contributed by atoms with E-state index in [1.54, 1.807) is 37.5 Å². The number of aromatic nitrogens is 2. The smallest absolute Gasteiger partial charge is 0.224 e. The van der Waals surface area contributed by atoms with E-state index in [1.807, 2.05) is 29.1 Å². The Balaban J connectivity index is 0.00000363. The van der Waals surface area contributed by atoms with Gasteiger partial charge in [-0.2, -0.15) is 5.10 Å². The summed E-state index contributed by atoms with van der Waals surface area (Å²) >= 11 is 5.86. The van der Waals surface area contributed by atoms with Crippen LogP contribution in [0.15, 0.2) is 72.0 Å². The standard InChI is InChI=1S/C23H27ClN6O.HI/c1-25-23(26-13-4-8-22(31)29-21-11-9-20(24)10-12-21)27-16-18-6-2-3-7-19(18)17-30-15-5-14-28-30;/h2-3,5-7,9-12,14-15H,4,8,13,16-17H2,1H3,(H,29,31)(H2,25,26,27);1H. The summed E-state index contributed by atoms with van der Waals surface area (Å²) < 4.78 is 1.90. The number of nitrogens with zero attached hydrogens (tertiary/aromatic N) is 3. The molecule has 0 atom stereocenters. The number of hydrogen-bond acceptors (Lipinski definition) is 3. The molecule has 0 aliphatic heterocycles. The van der Waals surface area contributed by atoms with Crippen LogP contribution in [0.1, 0.15) is 24.0 Å². The molecule has 2 aromatic carbocycles. The molecule has 1 heterocycles. The minimum absolute atomic E-state index is 0. The lowest BCUT2D eigenvalue weighted by molar-refractivity contribution is -0.116. The Morgan fingerprint density at radius 3 is 2.50 bits per heavy atom. The minimum atomic E-state index is -0.0281. The maximum Gasteiger partial charge on any atom is 0.224 e. The molecule has 7 nitrogen and oxygen atoms in total. The van der Waals surface area contributed by atoms with Crippen molar-refractivity contribution in [1.29, 1.82) is 0 Å². The molecule has 1 amide bonds. The molecule has 170 valence electrons. The Morgan fingerprint density at radius 1 is 1.06 bits per heavy atom. The summed E-state index contributed by atoms with van der Waals surface area (Å²) in [5.74, 6) is 0.673. The van der Waals surface area contributed by atoms with Gasteiger partial charge in [0, 0.05) is 49.7 Å². The highest BCUT2D eigenvalue weighted by Crippen LogP contribution is 2.13. The fourth-order valence-electron chi connectivity index (χ4n) is 3.06. The number of guanidine groups is 1. The van der Waals surface area contributed by atoms with E-state index in [0.717, 1.165) is 12.2 Å². The number of benzene rings is 2. The lowest BCUT2D eigenvalue weighted by atomic mass is 10.1. The molecule has 0 aliphatic rings. The molecule has 0 unspecified atom stereocenters. The van der Waals surface area contributed by atoms with Crippen LogP contribution in [-0.4, -0.2) is 35.2 Å². The molecule has 3 aromatic rings. The lowest BCUT2D eigenvalue weighted by Gasteiger charge is -2.14. The van der Waals surface area contributed by atoms with Crippen LogP contribution in [0, 0.1) is 0 Å². The van der Waals surface area contributed by atoms with Gasteiger partial charge in [0.2, 0.25) is 5.91 Å². The van der Waals surface area contributed by atoms with Gasteiger partial charge in [0.15, 0.2) is 5.96 Å². The number of hydrogen-bond donors (Lipinski definition) is 3. The van der Waals surface area contributed by atoms with Crippen LogP contribution in [0.25, 0.3) is 0 Å². The molecule has 0 saturated heterocycles. The molecule has 1 aromatic heterocycles. The first kappa shape index (κ1) is 25.7. The summed E-state index contributed by atoms with van der Waals surface area (Å²) in [7, 11) is 1.73. The van der Waals surface area contributed by atoms with Crippen molar-refractivity contribution in [2.45, 2.75) is 25.9 Å². The average Bonchev–Trinajstić information content (AvgIpc) is 3.29. The van der Waals surface area contributed by atoms with Crippen LogP contribution < -0.4 is 16.0 Å². The van der Waals surface area contributed by atoms with Gasteiger partial charge in [-0.15, -0.1) is 24.0 Å². The molecular weight excluding hydrogens is 539 g/mol. The zero-order valence-corrected chi connectivity index (χ0v) is 21.0. The molecule has 0 spiro atoms. The number of carbonyl (C=O) groups excluding carboxylic acids is 1. The van der Waals surface area contributed by atoms with E-state index >= 15 is 0 Å². The highest BCUT2D eigenvalue weighted by Gasteiger charge is 2.06. The average molecular weight is 567 g/mol. The topological polar surface area (TPSA) is 83.3 Å². The quantitative estimate of drug-likeness (QED) is 0.156. The molecular formula is C23H28ClIN6O. The third kappa shape index (κ3) is 8.51. The number of anilines is 1. The first-order valence-electron chi connectivity index (χ1n) is 10.2. The normalized spacial score (nSPS) is 10.9. The van der Waals surface area contributed by atoms with Crippen LogP contribution in [0.5, 0.6) is 0 Å². The fraction of sp³-hybridized carbons (Fsp3) is 0.261. The number of halogens is 2. The predicted molar refractivity (Wildman–Crippen MR) is 141 cm³/mol. The molecule has 3 rings (SSSR count). The SMILES string of the molecule is CN=C(NCCCC(=O)Nc1ccc(Cl)cc1)NCc1ccccc1Cn1cccn1.I. The molecule has 0 radical (unpaired) electrons. The van der Waals surface area contributed by atoms with Gasteiger partial charge in [-0.1, -0.05) is 35.9 Å². The second-order valence-corrected chi connectivity index (χ2v) is 7.42. The Bertz CT molecular complexity index is 992. The second kappa shape index (κ2) is 13.7. The van der Waals surface area contributed by atoms with Crippen molar-refractivity contribution in [3.8, 4) is 0 Å². The summed E-state index contributed by atoms with van der Waals surface area (Å²) in [6, 6.07) is 17.3. The van der Waals surface area contributed by atoms with Gasteiger partial charge in [-0.3, -0.25) is 14.5 Å². The molecule has 0 fully saturated rings. The maximum absolute atomic E-state index is 12.1. The van der Waals surface area contributed by atoms with Crippen LogP contribution in [0.4, 0.5) is 5.69 Å². The third-order valence-electron chi connectivity index (χ3n) is 4.68. The largest absolute Gasteiger partial charge is 0.356 e. The summed E-state index contributed by atoms with van der Waals surface area (Å²) in [5, 5.41) is 14.4. The van der Waals surface area contributed by atoms with E-state index in [9.17, 15) is 4.79 Å². The summed E-state index contributed by atoms with van der Waals surface area (Å²) in [5.41, 5.74) is 3.13. The number of rotatable bonds is 9. The van der Waals surface area contributed by atoms with Crippen molar-refractivity contribution < 1.29 is 4.79 Å². The van der Waals surface area contributed by atoms with Gasteiger partial charge < -0.3 is 16.0 Å². The molecule has 0 bridgehead atoms. The van der Waals surface area contributed by atoms with Crippen molar-refractivity contribution in [2.24, 2.45) is 4.99 Å². The van der Waals surface area contributed by atoms with Gasteiger partial charge in [0.25, 0.3) is 0 Å². The second-order valence-electron chi connectivity index (χ2n) is 6.98. The number of amides is 1. The highest BCUT2D eigenvalue weighted by atomic mass is 127. The number of nitrogens with one attached hydrogen (secondary N) is 3. The van der Waals surface area contributed by atoms with Crippen molar-refractivity contribution in [1.82, 2.24) is 20.4 Å². The molecule has 0 saturated carbocycles. The minimum Gasteiger partial charge on any atom is -0.356 e. The highest BCUT2D eigenvalue weighted by molar-refractivity contribution is 14.0. The van der Waals surface area contributed by atoms with E-state index < -0.39 is 0 Å².